The number of nitrogens with one attached hydrogen (secondary N) is 1. The van der Waals surface area contributed by atoms with E-state index in [1.165, 1.54) is 0 Å². The van der Waals surface area contributed by atoms with Gasteiger partial charge in [-0.15, -0.1) is 6.58 Å². The third-order valence-electron chi connectivity index (χ3n) is 2.92. The Hall–Kier alpha value is -0.830. The van der Waals surface area contributed by atoms with E-state index in [4.69, 9.17) is 0 Å². The minimum absolute atomic E-state index is 0.0306. The van der Waals surface area contributed by atoms with Crippen LogP contribution in [-0.2, 0) is 4.79 Å². The summed E-state index contributed by atoms with van der Waals surface area (Å²) < 4.78 is 0. The Labute approximate surface area is 86.2 Å². The molecular weight excluding hydrogens is 176 g/mol. The predicted octanol–water partition coefficient (Wildman–Crippen LogP) is 1.02. The highest BCUT2D eigenvalue weighted by molar-refractivity contribution is 5.81. The van der Waals surface area contributed by atoms with Crippen LogP contribution in [0.3, 0.4) is 0 Å². The van der Waals surface area contributed by atoms with Gasteiger partial charge in [-0.2, -0.15) is 0 Å². The zero-order valence-corrected chi connectivity index (χ0v) is 9.29. The van der Waals surface area contributed by atoms with Crippen LogP contribution in [0.25, 0.3) is 0 Å². The lowest BCUT2D eigenvalue weighted by atomic mass is 10.1. The van der Waals surface area contributed by atoms with Crippen molar-refractivity contribution in [1.29, 1.82) is 0 Å². The molecule has 0 aromatic rings. The van der Waals surface area contributed by atoms with Crippen LogP contribution in [0.15, 0.2) is 12.7 Å². The van der Waals surface area contributed by atoms with Gasteiger partial charge in [-0.25, -0.2) is 0 Å². The van der Waals surface area contributed by atoms with Gasteiger partial charge in [0.1, 0.15) is 0 Å². The van der Waals surface area contributed by atoms with Crippen LogP contribution in [-0.4, -0.2) is 36.5 Å². The highest BCUT2D eigenvalue weighted by atomic mass is 16.2. The number of likely N-dealkylation sites (tertiary alicyclic amines) is 1. The van der Waals surface area contributed by atoms with Crippen LogP contribution in [0, 0.1) is 5.92 Å². The van der Waals surface area contributed by atoms with E-state index in [0.29, 0.717) is 12.0 Å². The molecule has 1 heterocycles. The van der Waals surface area contributed by atoms with Crippen LogP contribution in [0.4, 0.5) is 0 Å². The van der Waals surface area contributed by atoms with Gasteiger partial charge < -0.3 is 5.32 Å². The number of rotatable bonds is 3. The maximum Gasteiger partial charge on any atom is 0.237 e. The summed E-state index contributed by atoms with van der Waals surface area (Å²) in [6.45, 7) is 9.01. The van der Waals surface area contributed by atoms with Gasteiger partial charge in [0.2, 0.25) is 5.91 Å². The molecule has 1 saturated heterocycles. The summed E-state index contributed by atoms with van der Waals surface area (Å²) >= 11 is 0. The zero-order valence-electron chi connectivity index (χ0n) is 9.29. The molecule has 0 saturated carbocycles. The second kappa shape index (κ2) is 4.60. The first-order valence-corrected chi connectivity index (χ1v) is 5.20. The van der Waals surface area contributed by atoms with E-state index in [1.807, 2.05) is 6.08 Å². The van der Waals surface area contributed by atoms with Crippen molar-refractivity contribution in [3.8, 4) is 0 Å². The minimum Gasteiger partial charge on any atom is -0.358 e. The molecule has 80 valence electrons. The standard InChI is InChI=1S/C11H20N2O/c1-5-9-6-10(11(14)12-4)13(7-9)8(2)3/h5,8-10H,1,6-7H2,2-4H3,(H,12,14). The van der Waals surface area contributed by atoms with Crippen molar-refractivity contribution in [3.63, 3.8) is 0 Å². The average molecular weight is 196 g/mol. The number of hydrogen-bond acceptors (Lipinski definition) is 2. The molecule has 1 amide bonds. The van der Waals surface area contributed by atoms with E-state index in [0.717, 1.165) is 13.0 Å². The van der Waals surface area contributed by atoms with E-state index in [-0.39, 0.29) is 11.9 Å². The molecule has 1 fully saturated rings. The molecule has 2 unspecified atom stereocenters. The van der Waals surface area contributed by atoms with Crippen molar-refractivity contribution >= 4 is 5.91 Å². The summed E-state index contributed by atoms with van der Waals surface area (Å²) in [5.41, 5.74) is 0. The molecule has 0 bridgehead atoms. The van der Waals surface area contributed by atoms with Crippen LogP contribution < -0.4 is 5.32 Å². The summed E-state index contributed by atoms with van der Waals surface area (Å²) in [6.07, 6.45) is 2.86. The Morgan fingerprint density at radius 1 is 1.64 bits per heavy atom. The predicted molar refractivity (Wildman–Crippen MR) is 58.0 cm³/mol. The van der Waals surface area contributed by atoms with Gasteiger partial charge in [0, 0.05) is 19.6 Å². The third-order valence-corrected chi connectivity index (χ3v) is 2.92. The first-order valence-electron chi connectivity index (χ1n) is 5.20. The average Bonchev–Trinajstić information content (AvgIpc) is 2.60. The largest absolute Gasteiger partial charge is 0.358 e. The normalized spacial score (nSPS) is 28.0. The van der Waals surface area contributed by atoms with E-state index >= 15 is 0 Å². The monoisotopic (exact) mass is 196 g/mol. The summed E-state index contributed by atoms with van der Waals surface area (Å²) in [5, 5.41) is 2.72. The highest BCUT2D eigenvalue weighted by Crippen LogP contribution is 2.25. The van der Waals surface area contributed by atoms with Crippen LogP contribution in [0.5, 0.6) is 0 Å². The van der Waals surface area contributed by atoms with Gasteiger partial charge in [-0.1, -0.05) is 6.08 Å². The summed E-state index contributed by atoms with van der Waals surface area (Å²) in [5.74, 6) is 0.586. The minimum atomic E-state index is 0.0306. The molecule has 0 spiro atoms. The maximum absolute atomic E-state index is 11.6. The van der Waals surface area contributed by atoms with Crippen LogP contribution >= 0.6 is 0 Å². The topological polar surface area (TPSA) is 32.3 Å². The number of likely N-dealkylation sites (N-methyl/N-ethyl adjacent to an activating group) is 1. The van der Waals surface area contributed by atoms with Crippen molar-refractivity contribution < 1.29 is 4.79 Å². The number of nitrogens with zero attached hydrogens (tertiary/aromatic N) is 1. The second-order valence-corrected chi connectivity index (χ2v) is 4.15. The van der Waals surface area contributed by atoms with Crippen molar-refractivity contribution in [2.24, 2.45) is 5.92 Å². The molecule has 3 nitrogen and oxygen atoms in total. The van der Waals surface area contributed by atoms with Crippen molar-refractivity contribution in [1.82, 2.24) is 10.2 Å². The molecule has 1 aliphatic heterocycles. The van der Waals surface area contributed by atoms with E-state index in [9.17, 15) is 4.79 Å². The Balaban J connectivity index is 2.71. The molecule has 0 aromatic carbocycles. The van der Waals surface area contributed by atoms with Gasteiger partial charge in [-0.3, -0.25) is 9.69 Å². The fourth-order valence-electron chi connectivity index (χ4n) is 2.06. The SMILES string of the molecule is C=CC1CC(C(=O)NC)N(C(C)C)C1. The fourth-order valence-corrected chi connectivity index (χ4v) is 2.06. The first-order chi connectivity index (χ1) is 6.60. The van der Waals surface area contributed by atoms with Crippen LogP contribution in [0.2, 0.25) is 0 Å². The molecular formula is C11H20N2O. The molecule has 1 N–H and O–H groups in total. The molecule has 0 aromatic heterocycles. The Kier molecular flexibility index (Phi) is 3.69. The summed E-state index contributed by atoms with van der Waals surface area (Å²) in [7, 11) is 1.70. The van der Waals surface area contributed by atoms with Gasteiger partial charge in [0.15, 0.2) is 0 Å². The van der Waals surface area contributed by atoms with E-state index in [2.05, 4.69) is 30.6 Å². The second-order valence-electron chi connectivity index (χ2n) is 4.15. The number of amides is 1. The molecule has 0 radical (unpaired) electrons. The summed E-state index contributed by atoms with van der Waals surface area (Å²) in [6, 6.07) is 0.449. The van der Waals surface area contributed by atoms with Crippen molar-refractivity contribution in [2.45, 2.75) is 32.4 Å². The number of carbonyl (C=O) groups is 1. The summed E-state index contributed by atoms with van der Waals surface area (Å²) in [4.78, 5) is 13.8. The molecule has 3 heteroatoms. The van der Waals surface area contributed by atoms with Gasteiger partial charge >= 0.3 is 0 Å². The molecule has 14 heavy (non-hydrogen) atoms. The Bertz CT molecular complexity index is 225. The Morgan fingerprint density at radius 2 is 2.29 bits per heavy atom. The van der Waals surface area contributed by atoms with E-state index < -0.39 is 0 Å². The molecule has 1 rings (SSSR count). The molecule has 1 aliphatic rings. The smallest absolute Gasteiger partial charge is 0.237 e. The lowest BCUT2D eigenvalue weighted by Gasteiger charge is -2.26. The van der Waals surface area contributed by atoms with Gasteiger partial charge in [0.05, 0.1) is 6.04 Å². The lowest BCUT2D eigenvalue weighted by molar-refractivity contribution is -0.125. The number of hydrogen-bond donors (Lipinski definition) is 1. The quantitative estimate of drug-likeness (QED) is 0.683. The number of carbonyl (C=O) groups excluding carboxylic acids is 1. The van der Waals surface area contributed by atoms with Crippen LogP contribution in [0.1, 0.15) is 20.3 Å². The van der Waals surface area contributed by atoms with Gasteiger partial charge in [0.25, 0.3) is 0 Å². The van der Waals surface area contributed by atoms with Crippen molar-refractivity contribution in [3.05, 3.63) is 12.7 Å². The molecule has 0 aliphatic carbocycles. The molecule has 2 atom stereocenters. The fraction of sp³-hybridized carbons (Fsp3) is 0.727. The van der Waals surface area contributed by atoms with Crippen molar-refractivity contribution in [2.75, 3.05) is 13.6 Å². The Morgan fingerprint density at radius 3 is 2.71 bits per heavy atom. The van der Waals surface area contributed by atoms with Gasteiger partial charge in [-0.05, 0) is 26.2 Å². The maximum atomic E-state index is 11.6. The third kappa shape index (κ3) is 2.15. The first kappa shape index (κ1) is 11.2. The van der Waals surface area contributed by atoms with E-state index in [1.54, 1.807) is 7.05 Å². The highest BCUT2D eigenvalue weighted by Gasteiger charge is 2.36. The lowest BCUT2D eigenvalue weighted by Crippen LogP contribution is -2.44. The zero-order chi connectivity index (χ0) is 10.7.